The van der Waals surface area contributed by atoms with Crippen LogP contribution in [-0.2, 0) is 4.79 Å². The summed E-state index contributed by atoms with van der Waals surface area (Å²) in [6.45, 7) is 12.1. The molecular formula is C27H46O2. The summed E-state index contributed by atoms with van der Waals surface area (Å²) in [6.07, 6.45) is 12.8. The number of carbonyl (C=O) groups excluding carboxylic acids is 1. The first-order valence-corrected chi connectivity index (χ1v) is 12.9. The van der Waals surface area contributed by atoms with Gasteiger partial charge in [-0.05, 0) is 79.4 Å². The van der Waals surface area contributed by atoms with Crippen LogP contribution in [0.25, 0.3) is 0 Å². The average molecular weight is 403 g/mol. The van der Waals surface area contributed by atoms with Crippen molar-refractivity contribution in [3.63, 3.8) is 0 Å². The number of rotatable bonds is 5. The molecule has 1 N–H and O–H groups in total. The first kappa shape index (κ1) is 21.8. The van der Waals surface area contributed by atoms with Gasteiger partial charge in [-0.2, -0.15) is 0 Å². The fraction of sp³-hybridized carbons (Fsp3) is 0.963. The molecule has 0 saturated heterocycles. The molecule has 0 aliphatic heterocycles. The summed E-state index contributed by atoms with van der Waals surface area (Å²) < 4.78 is 0. The molecule has 0 aromatic carbocycles. The number of hydrogen-bond donors (Lipinski definition) is 1. The lowest BCUT2D eigenvalue weighted by Gasteiger charge is -2.61. The van der Waals surface area contributed by atoms with Crippen LogP contribution in [0.3, 0.4) is 0 Å². The highest BCUT2D eigenvalue weighted by Crippen LogP contribution is 2.67. The van der Waals surface area contributed by atoms with Crippen LogP contribution < -0.4 is 0 Å². The molecule has 166 valence electrons. The molecule has 0 bridgehead atoms. The first-order valence-electron chi connectivity index (χ1n) is 12.9. The molecule has 4 fully saturated rings. The van der Waals surface area contributed by atoms with E-state index >= 15 is 0 Å². The molecule has 4 aliphatic carbocycles. The molecule has 0 heterocycles. The maximum Gasteiger partial charge on any atom is 0.136 e. The number of Topliss-reactive ketones (excluding diaryl/α,β-unsaturated/α-hetero) is 1. The van der Waals surface area contributed by atoms with Crippen molar-refractivity contribution in [3.05, 3.63) is 0 Å². The maximum absolute atomic E-state index is 13.5. The molecule has 9 atom stereocenters. The van der Waals surface area contributed by atoms with Crippen molar-refractivity contribution in [2.45, 2.75) is 111 Å². The Balaban J connectivity index is 1.54. The zero-order valence-electron chi connectivity index (χ0n) is 19.8. The third-order valence-electron chi connectivity index (χ3n) is 10.7. The van der Waals surface area contributed by atoms with Gasteiger partial charge in [0.15, 0.2) is 0 Å². The van der Waals surface area contributed by atoms with Crippen molar-refractivity contribution >= 4 is 5.78 Å². The predicted molar refractivity (Wildman–Crippen MR) is 119 cm³/mol. The van der Waals surface area contributed by atoms with E-state index in [1.807, 2.05) is 0 Å². The molecule has 2 nitrogen and oxygen atoms in total. The Labute approximate surface area is 179 Å². The van der Waals surface area contributed by atoms with Gasteiger partial charge in [-0.25, -0.2) is 0 Å². The quantitative estimate of drug-likeness (QED) is 0.559. The van der Waals surface area contributed by atoms with Crippen LogP contribution in [0.5, 0.6) is 0 Å². The maximum atomic E-state index is 13.5. The van der Waals surface area contributed by atoms with Crippen molar-refractivity contribution in [3.8, 4) is 0 Å². The summed E-state index contributed by atoms with van der Waals surface area (Å²) in [5.41, 5.74) is 0.329. The molecule has 4 rings (SSSR count). The Morgan fingerprint density at radius 1 is 1.00 bits per heavy atom. The topological polar surface area (TPSA) is 37.3 Å². The second-order valence-corrected chi connectivity index (χ2v) is 12.4. The highest BCUT2D eigenvalue weighted by Gasteiger charge is 2.64. The summed E-state index contributed by atoms with van der Waals surface area (Å²) in [5, 5.41) is 11.1. The van der Waals surface area contributed by atoms with Crippen molar-refractivity contribution < 1.29 is 9.90 Å². The van der Waals surface area contributed by atoms with Crippen LogP contribution in [0.4, 0.5) is 0 Å². The number of aliphatic hydroxyl groups excluding tert-OH is 1. The summed E-state index contributed by atoms with van der Waals surface area (Å²) in [7, 11) is 0. The minimum atomic E-state index is -0.196. The van der Waals surface area contributed by atoms with Gasteiger partial charge < -0.3 is 5.11 Å². The molecule has 4 aliphatic rings. The SMILES string of the molecule is CC(C)CCC[C@@H](C)[C@H]1CC[C@H]2[C@@H]3C(=O)CC4CCCC(O)[C@]4(C)[C@H]3CC[C@]12C. The van der Waals surface area contributed by atoms with E-state index in [1.165, 1.54) is 44.9 Å². The van der Waals surface area contributed by atoms with E-state index in [2.05, 4.69) is 34.6 Å². The van der Waals surface area contributed by atoms with E-state index in [1.54, 1.807) is 0 Å². The first-order chi connectivity index (χ1) is 13.7. The zero-order chi connectivity index (χ0) is 21.0. The lowest BCUT2D eigenvalue weighted by Crippen LogP contribution is -2.60. The van der Waals surface area contributed by atoms with Crippen molar-refractivity contribution in [1.82, 2.24) is 0 Å². The highest BCUT2D eigenvalue weighted by atomic mass is 16.3. The van der Waals surface area contributed by atoms with Crippen molar-refractivity contribution in [2.24, 2.45) is 52.3 Å². The number of ketones is 1. The third-order valence-corrected chi connectivity index (χ3v) is 10.7. The van der Waals surface area contributed by atoms with Gasteiger partial charge in [0.1, 0.15) is 5.78 Å². The standard InChI is InChI=1S/C27H46O2/c1-17(2)8-6-9-18(3)20-12-13-21-25-22(14-15-26(20,21)4)27(5)19(16-23(25)28)10-7-11-24(27)29/h17-22,24-25,29H,6-16H2,1-5H3/t18-,19?,20-,21+,22+,24?,25+,26-,27+/m1/s1. The van der Waals surface area contributed by atoms with Gasteiger partial charge in [-0.15, -0.1) is 0 Å². The minimum Gasteiger partial charge on any atom is -0.393 e. The lowest BCUT2D eigenvalue weighted by atomic mass is 9.43. The fourth-order valence-corrected chi connectivity index (χ4v) is 9.01. The molecule has 0 aromatic heterocycles. The minimum absolute atomic E-state index is 0.0148. The highest BCUT2D eigenvalue weighted by molar-refractivity contribution is 5.83. The smallest absolute Gasteiger partial charge is 0.136 e. The van der Waals surface area contributed by atoms with Crippen molar-refractivity contribution in [1.29, 1.82) is 0 Å². The second kappa shape index (κ2) is 7.95. The Hall–Kier alpha value is -0.370. The van der Waals surface area contributed by atoms with E-state index < -0.39 is 0 Å². The summed E-state index contributed by atoms with van der Waals surface area (Å²) in [6, 6.07) is 0. The van der Waals surface area contributed by atoms with Crippen LogP contribution in [-0.4, -0.2) is 17.0 Å². The third kappa shape index (κ3) is 3.44. The molecule has 29 heavy (non-hydrogen) atoms. The second-order valence-electron chi connectivity index (χ2n) is 12.4. The van der Waals surface area contributed by atoms with Crippen LogP contribution in [0.1, 0.15) is 105 Å². The van der Waals surface area contributed by atoms with Gasteiger partial charge in [-0.3, -0.25) is 4.79 Å². The lowest BCUT2D eigenvalue weighted by molar-refractivity contribution is -0.176. The fourth-order valence-electron chi connectivity index (χ4n) is 9.01. The van der Waals surface area contributed by atoms with Crippen LogP contribution in [0.2, 0.25) is 0 Å². The van der Waals surface area contributed by atoms with E-state index in [9.17, 15) is 9.90 Å². The number of fused-ring (bicyclic) bond motifs is 5. The summed E-state index contributed by atoms with van der Waals surface area (Å²) in [4.78, 5) is 13.5. The van der Waals surface area contributed by atoms with Crippen LogP contribution >= 0.6 is 0 Å². The van der Waals surface area contributed by atoms with Gasteiger partial charge in [0, 0.05) is 17.8 Å². The molecule has 0 spiro atoms. The number of hydrogen-bond acceptors (Lipinski definition) is 2. The van der Waals surface area contributed by atoms with Crippen LogP contribution in [0.15, 0.2) is 0 Å². The largest absolute Gasteiger partial charge is 0.393 e. The van der Waals surface area contributed by atoms with Gasteiger partial charge in [-0.1, -0.05) is 60.3 Å². The van der Waals surface area contributed by atoms with Gasteiger partial charge >= 0.3 is 0 Å². The molecule has 2 unspecified atom stereocenters. The number of aliphatic hydroxyl groups is 1. The van der Waals surface area contributed by atoms with E-state index in [4.69, 9.17) is 0 Å². The van der Waals surface area contributed by atoms with E-state index in [0.29, 0.717) is 29.0 Å². The normalized spacial score (nSPS) is 48.2. The molecule has 4 saturated carbocycles. The molecule has 2 heteroatoms. The predicted octanol–water partition coefficient (Wildman–Crippen LogP) is 6.65. The van der Waals surface area contributed by atoms with Gasteiger partial charge in [0.05, 0.1) is 6.10 Å². The summed E-state index contributed by atoms with van der Waals surface area (Å²) >= 11 is 0. The number of carbonyl (C=O) groups is 1. The molecule has 0 amide bonds. The average Bonchev–Trinajstić information content (AvgIpc) is 3.01. The zero-order valence-corrected chi connectivity index (χ0v) is 19.8. The molecule has 0 aromatic rings. The Bertz CT molecular complexity index is 612. The Morgan fingerprint density at radius 2 is 1.76 bits per heavy atom. The Morgan fingerprint density at radius 3 is 2.48 bits per heavy atom. The van der Waals surface area contributed by atoms with Gasteiger partial charge in [0.2, 0.25) is 0 Å². The monoisotopic (exact) mass is 402 g/mol. The van der Waals surface area contributed by atoms with Crippen molar-refractivity contribution in [2.75, 3.05) is 0 Å². The van der Waals surface area contributed by atoms with E-state index in [-0.39, 0.29) is 17.4 Å². The molecular weight excluding hydrogens is 356 g/mol. The summed E-state index contributed by atoms with van der Waals surface area (Å²) in [5.74, 6) is 4.59. The van der Waals surface area contributed by atoms with E-state index in [0.717, 1.165) is 43.4 Å². The van der Waals surface area contributed by atoms with Gasteiger partial charge in [0.25, 0.3) is 0 Å². The molecule has 0 radical (unpaired) electrons. The van der Waals surface area contributed by atoms with Crippen LogP contribution in [0, 0.1) is 52.3 Å². The Kier molecular flexibility index (Phi) is 5.99.